The van der Waals surface area contributed by atoms with E-state index in [4.69, 9.17) is 9.95 Å². The molecule has 5 heteroatoms. The molecule has 0 aromatic carbocycles. The Kier molecular flexibility index (Phi) is 3.86. The molecule has 70 valence electrons. The van der Waals surface area contributed by atoms with Gasteiger partial charge >= 0.3 is 0 Å². The van der Waals surface area contributed by atoms with Gasteiger partial charge in [0, 0.05) is 17.9 Å². The first-order valence-electron chi connectivity index (χ1n) is 3.91. The molecule has 0 saturated heterocycles. The van der Waals surface area contributed by atoms with Gasteiger partial charge in [-0.25, -0.2) is 0 Å². The quantitative estimate of drug-likeness (QED) is 0.182. The van der Waals surface area contributed by atoms with Crippen molar-refractivity contribution in [3.05, 3.63) is 34.1 Å². The standard InChI is InChI=1S/C9H7N3O2/c10-12-11-5-2-1-3-8-4-6-14-9(8)7-13/h4,6-7H,2,5H2. The van der Waals surface area contributed by atoms with Crippen LogP contribution >= 0.6 is 0 Å². The minimum atomic E-state index is 0.223. The summed E-state index contributed by atoms with van der Waals surface area (Å²) in [6, 6.07) is 1.62. The molecule has 0 amide bonds. The van der Waals surface area contributed by atoms with Gasteiger partial charge in [0.05, 0.1) is 11.8 Å². The number of furan rings is 1. The Morgan fingerprint density at radius 2 is 2.57 bits per heavy atom. The van der Waals surface area contributed by atoms with Crippen molar-refractivity contribution in [2.45, 2.75) is 6.42 Å². The number of aldehydes is 1. The van der Waals surface area contributed by atoms with Crippen molar-refractivity contribution in [3.8, 4) is 11.8 Å². The first-order chi connectivity index (χ1) is 6.88. The van der Waals surface area contributed by atoms with Crippen LogP contribution in [0.25, 0.3) is 10.4 Å². The van der Waals surface area contributed by atoms with Crippen LogP contribution in [0.3, 0.4) is 0 Å². The third kappa shape index (κ3) is 2.70. The first-order valence-corrected chi connectivity index (χ1v) is 3.91. The Morgan fingerprint density at radius 1 is 1.71 bits per heavy atom. The van der Waals surface area contributed by atoms with E-state index in [2.05, 4.69) is 21.9 Å². The zero-order valence-corrected chi connectivity index (χ0v) is 7.30. The summed E-state index contributed by atoms with van der Waals surface area (Å²) >= 11 is 0. The second-order valence-corrected chi connectivity index (χ2v) is 2.32. The molecule has 0 atom stereocenters. The number of hydrogen-bond acceptors (Lipinski definition) is 3. The maximum Gasteiger partial charge on any atom is 0.186 e. The first kappa shape index (κ1) is 9.90. The molecular formula is C9H7N3O2. The highest BCUT2D eigenvalue weighted by molar-refractivity contribution is 5.75. The third-order valence-electron chi connectivity index (χ3n) is 1.43. The molecule has 0 N–H and O–H groups in total. The number of hydrogen-bond donors (Lipinski definition) is 0. The van der Waals surface area contributed by atoms with Gasteiger partial charge in [-0.05, 0) is 11.6 Å². The van der Waals surface area contributed by atoms with E-state index in [1.54, 1.807) is 6.07 Å². The molecule has 5 nitrogen and oxygen atoms in total. The molecule has 0 fully saturated rings. The monoisotopic (exact) mass is 189 g/mol. The molecular weight excluding hydrogens is 182 g/mol. The molecule has 1 aromatic rings. The highest BCUT2D eigenvalue weighted by Crippen LogP contribution is 2.05. The van der Waals surface area contributed by atoms with E-state index in [0.717, 1.165) is 0 Å². The van der Waals surface area contributed by atoms with Crippen LogP contribution in [0, 0.1) is 11.8 Å². The third-order valence-corrected chi connectivity index (χ3v) is 1.43. The van der Waals surface area contributed by atoms with Crippen molar-refractivity contribution >= 4 is 6.29 Å². The summed E-state index contributed by atoms with van der Waals surface area (Å²) in [6.07, 6.45) is 2.48. The van der Waals surface area contributed by atoms with E-state index in [-0.39, 0.29) is 5.76 Å². The number of azide groups is 1. The number of carbonyl (C=O) groups is 1. The molecule has 0 unspecified atom stereocenters. The van der Waals surface area contributed by atoms with Gasteiger partial charge in [0.2, 0.25) is 0 Å². The summed E-state index contributed by atoms with van der Waals surface area (Å²) < 4.78 is 4.84. The summed E-state index contributed by atoms with van der Waals surface area (Å²) in [4.78, 5) is 13.0. The fraction of sp³-hybridized carbons (Fsp3) is 0.222. The van der Waals surface area contributed by atoms with Crippen LogP contribution in [0.1, 0.15) is 22.5 Å². The summed E-state index contributed by atoms with van der Waals surface area (Å²) in [7, 11) is 0. The van der Waals surface area contributed by atoms with E-state index < -0.39 is 0 Å². The molecule has 0 saturated carbocycles. The van der Waals surface area contributed by atoms with Gasteiger partial charge in [-0.3, -0.25) is 4.79 Å². The van der Waals surface area contributed by atoms with Crippen LogP contribution in [0.4, 0.5) is 0 Å². The predicted octanol–water partition coefficient (Wildman–Crippen LogP) is 2.14. The SMILES string of the molecule is [N-]=[N+]=NCCC#Cc1ccoc1C=O. The average Bonchev–Trinajstić information content (AvgIpc) is 2.65. The second-order valence-electron chi connectivity index (χ2n) is 2.32. The Hall–Kier alpha value is -2.18. The minimum absolute atomic E-state index is 0.223. The van der Waals surface area contributed by atoms with Crippen LogP contribution in [0.15, 0.2) is 21.9 Å². The van der Waals surface area contributed by atoms with E-state index in [1.807, 2.05) is 0 Å². The van der Waals surface area contributed by atoms with Gasteiger partial charge < -0.3 is 4.42 Å². The van der Waals surface area contributed by atoms with Gasteiger partial charge in [0.15, 0.2) is 12.0 Å². The van der Waals surface area contributed by atoms with E-state index >= 15 is 0 Å². The number of carbonyl (C=O) groups excluding carboxylic acids is 1. The molecule has 0 radical (unpaired) electrons. The van der Waals surface area contributed by atoms with Gasteiger partial charge in [-0.15, -0.1) is 0 Å². The topological polar surface area (TPSA) is 79.0 Å². The van der Waals surface area contributed by atoms with Crippen LogP contribution in [0.2, 0.25) is 0 Å². The molecule has 0 aliphatic heterocycles. The van der Waals surface area contributed by atoms with E-state index in [1.165, 1.54) is 6.26 Å². The van der Waals surface area contributed by atoms with Gasteiger partial charge in [-0.2, -0.15) is 0 Å². The number of nitrogens with zero attached hydrogens (tertiary/aromatic N) is 3. The van der Waals surface area contributed by atoms with Crippen LogP contribution in [-0.4, -0.2) is 12.8 Å². The molecule has 1 aromatic heterocycles. The van der Waals surface area contributed by atoms with Crippen molar-refractivity contribution in [3.63, 3.8) is 0 Å². The van der Waals surface area contributed by atoms with Crippen molar-refractivity contribution in [2.75, 3.05) is 6.54 Å². The second kappa shape index (κ2) is 5.46. The average molecular weight is 189 g/mol. The lowest BCUT2D eigenvalue weighted by Crippen LogP contribution is -1.79. The van der Waals surface area contributed by atoms with Crippen molar-refractivity contribution in [1.82, 2.24) is 0 Å². The highest BCUT2D eigenvalue weighted by atomic mass is 16.3. The van der Waals surface area contributed by atoms with Crippen LogP contribution < -0.4 is 0 Å². The van der Waals surface area contributed by atoms with Crippen LogP contribution in [0.5, 0.6) is 0 Å². The molecule has 0 spiro atoms. The van der Waals surface area contributed by atoms with Crippen molar-refractivity contribution in [1.29, 1.82) is 0 Å². The molecule has 0 aliphatic carbocycles. The predicted molar refractivity (Wildman–Crippen MR) is 49.6 cm³/mol. The van der Waals surface area contributed by atoms with E-state index in [9.17, 15) is 4.79 Å². The van der Waals surface area contributed by atoms with Gasteiger partial charge in [-0.1, -0.05) is 17.0 Å². The van der Waals surface area contributed by atoms with Crippen LogP contribution in [-0.2, 0) is 0 Å². The molecule has 0 bridgehead atoms. The maximum absolute atomic E-state index is 10.4. The normalized spacial score (nSPS) is 8.29. The lowest BCUT2D eigenvalue weighted by Gasteiger charge is -1.82. The minimum Gasteiger partial charge on any atom is -0.460 e. The molecule has 1 heterocycles. The Labute approximate surface area is 80.3 Å². The van der Waals surface area contributed by atoms with E-state index in [0.29, 0.717) is 24.8 Å². The highest BCUT2D eigenvalue weighted by Gasteiger charge is 1.99. The Morgan fingerprint density at radius 3 is 3.29 bits per heavy atom. The zero-order chi connectivity index (χ0) is 10.2. The summed E-state index contributed by atoms with van der Waals surface area (Å²) in [6.45, 7) is 0.331. The fourth-order valence-corrected chi connectivity index (χ4v) is 0.824. The summed E-state index contributed by atoms with van der Waals surface area (Å²) in [5.74, 6) is 5.73. The summed E-state index contributed by atoms with van der Waals surface area (Å²) in [5.41, 5.74) is 8.54. The van der Waals surface area contributed by atoms with Crippen molar-refractivity contribution in [2.24, 2.45) is 5.11 Å². The fourth-order valence-electron chi connectivity index (χ4n) is 0.824. The number of rotatable bonds is 3. The molecule has 14 heavy (non-hydrogen) atoms. The van der Waals surface area contributed by atoms with Gasteiger partial charge in [0.25, 0.3) is 0 Å². The lowest BCUT2D eigenvalue weighted by molar-refractivity contribution is 0.110. The Balaban J connectivity index is 2.58. The largest absolute Gasteiger partial charge is 0.460 e. The smallest absolute Gasteiger partial charge is 0.186 e. The lowest BCUT2D eigenvalue weighted by atomic mass is 10.2. The molecule has 1 rings (SSSR count). The molecule has 0 aliphatic rings. The summed E-state index contributed by atoms with van der Waals surface area (Å²) in [5, 5.41) is 3.32. The Bertz CT molecular complexity index is 419. The van der Waals surface area contributed by atoms with Crippen molar-refractivity contribution < 1.29 is 9.21 Å². The van der Waals surface area contributed by atoms with Gasteiger partial charge in [0.1, 0.15) is 0 Å². The maximum atomic E-state index is 10.4. The zero-order valence-electron chi connectivity index (χ0n) is 7.30.